The van der Waals surface area contributed by atoms with Crippen LogP contribution in [0.25, 0.3) is 0 Å². The summed E-state index contributed by atoms with van der Waals surface area (Å²) < 4.78 is 4.98. The van der Waals surface area contributed by atoms with Crippen LogP contribution >= 0.6 is 0 Å². The van der Waals surface area contributed by atoms with E-state index < -0.39 is 7.12 Å². The van der Waals surface area contributed by atoms with E-state index >= 15 is 0 Å². The molecule has 1 aromatic heterocycles. The zero-order valence-corrected chi connectivity index (χ0v) is 7.77. The summed E-state index contributed by atoms with van der Waals surface area (Å²) in [5, 5.41) is 25.3. The third kappa shape index (κ3) is 2.55. The van der Waals surface area contributed by atoms with Crippen LogP contribution in [0.5, 0.6) is 0 Å². The van der Waals surface area contributed by atoms with Gasteiger partial charge in [0, 0.05) is 19.1 Å². The highest BCUT2D eigenvalue weighted by Crippen LogP contribution is 2.05. The minimum Gasteiger partial charge on any atom is -0.463 e. The Morgan fingerprint density at radius 1 is 1.64 bits per heavy atom. The number of hydrogen-bond donors (Lipinski definition) is 3. The van der Waals surface area contributed by atoms with Crippen LogP contribution in [0.15, 0.2) is 27.8 Å². The van der Waals surface area contributed by atoms with Gasteiger partial charge < -0.3 is 24.9 Å². The van der Waals surface area contributed by atoms with Crippen LogP contribution in [0.4, 0.5) is 0 Å². The van der Waals surface area contributed by atoms with Crippen molar-refractivity contribution in [3.8, 4) is 0 Å². The quantitative estimate of drug-likeness (QED) is 0.469. The molecule has 0 saturated heterocycles. The molecule has 0 aromatic carbocycles. The molecule has 74 valence electrons. The van der Waals surface area contributed by atoms with E-state index in [1.54, 1.807) is 12.1 Å². The second kappa shape index (κ2) is 4.73. The molecule has 0 bridgehead atoms. The van der Waals surface area contributed by atoms with Crippen LogP contribution in [-0.2, 0) is 0 Å². The minimum atomic E-state index is -1.62. The van der Waals surface area contributed by atoms with Crippen LogP contribution < -0.4 is 0 Å². The van der Waals surface area contributed by atoms with E-state index in [0.717, 1.165) is 0 Å². The Kier molecular flexibility index (Phi) is 3.61. The van der Waals surface area contributed by atoms with E-state index in [4.69, 9.17) is 19.9 Å². The molecule has 0 aliphatic carbocycles. The predicted octanol–water partition coefficient (Wildman–Crippen LogP) is 0.120. The van der Waals surface area contributed by atoms with Crippen molar-refractivity contribution < 1.29 is 14.5 Å². The molecule has 1 heterocycles. The van der Waals surface area contributed by atoms with Crippen molar-refractivity contribution in [3.05, 3.63) is 24.2 Å². The third-order valence-electron chi connectivity index (χ3n) is 1.76. The van der Waals surface area contributed by atoms with Crippen molar-refractivity contribution in [2.45, 2.75) is 6.42 Å². The number of aliphatic imine (C=N–C) groups is 1. The topological polar surface area (TPSA) is 89.8 Å². The molecular weight excluding hydrogens is 183 g/mol. The average Bonchev–Trinajstić information content (AvgIpc) is 2.65. The Bertz CT molecular complexity index is 332. The maximum Gasteiger partial charge on any atom is 0.503 e. The molecule has 0 amide bonds. The molecule has 0 spiro atoms. The van der Waals surface area contributed by atoms with E-state index in [0.29, 0.717) is 5.76 Å². The third-order valence-corrected chi connectivity index (χ3v) is 1.76. The summed E-state index contributed by atoms with van der Waals surface area (Å²) in [5.74, 6) is 0.409. The molecule has 1 rings (SSSR count). The molecule has 3 N–H and O–H groups in total. The highest BCUT2D eigenvalue weighted by molar-refractivity contribution is 6.81. The van der Waals surface area contributed by atoms with E-state index in [2.05, 4.69) is 4.99 Å². The molecule has 0 aliphatic rings. The van der Waals surface area contributed by atoms with Gasteiger partial charge in [0.15, 0.2) is 0 Å². The molecule has 0 radical (unpaired) electrons. The van der Waals surface area contributed by atoms with Gasteiger partial charge in [-0.05, 0) is 12.1 Å². The fourth-order valence-corrected chi connectivity index (χ4v) is 1.00. The fourth-order valence-electron chi connectivity index (χ4n) is 1.00. The predicted molar refractivity (Wildman–Crippen MR) is 53.7 cm³/mol. The summed E-state index contributed by atoms with van der Waals surface area (Å²) in [6.07, 6.45) is 1.53. The van der Waals surface area contributed by atoms with Gasteiger partial charge in [-0.25, -0.2) is 0 Å². The molecule has 0 fully saturated rings. The zero-order chi connectivity index (χ0) is 10.6. The SMILES string of the molecule is CN=C(CC(=N)c1ccco1)B(O)O. The number of rotatable bonds is 4. The summed E-state index contributed by atoms with van der Waals surface area (Å²) >= 11 is 0. The molecule has 0 atom stereocenters. The van der Waals surface area contributed by atoms with Gasteiger partial charge in [0.2, 0.25) is 0 Å². The molecule has 5 nitrogen and oxygen atoms in total. The van der Waals surface area contributed by atoms with Crippen LogP contribution in [0.2, 0.25) is 0 Å². The van der Waals surface area contributed by atoms with Crippen LogP contribution in [0, 0.1) is 5.41 Å². The molecule has 1 aromatic rings. The van der Waals surface area contributed by atoms with Crippen LogP contribution in [0.1, 0.15) is 12.2 Å². The summed E-state index contributed by atoms with van der Waals surface area (Å²) in [6.45, 7) is 0. The number of hydrogen-bond acceptors (Lipinski definition) is 5. The Morgan fingerprint density at radius 3 is 2.79 bits per heavy atom. The molecular formula is C8H11BN2O3. The molecule has 0 saturated carbocycles. The summed E-state index contributed by atoms with van der Waals surface area (Å²) in [7, 11) is -0.167. The molecule has 6 heteroatoms. The lowest BCUT2D eigenvalue weighted by Gasteiger charge is -2.03. The van der Waals surface area contributed by atoms with E-state index in [1.807, 2.05) is 0 Å². The lowest BCUT2D eigenvalue weighted by Crippen LogP contribution is -2.28. The van der Waals surface area contributed by atoms with Gasteiger partial charge in [0.05, 0.1) is 12.0 Å². The first-order valence-electron chi connectivity index (χ1n) is 4.08. The van der Waals surface area contributed by atoms with Gasteiger partial charge in [-0.2, -0.15) is 0 Å². The molecule has 14 heavy (non-hydrogen) atoms. The van der Waals surface area contributed by atoms with Crippen molar-refractivity contribution >= 4 is 18.4 Å². The number of nitrogens with one attached hydrogen (secondary N) is 1. The highest BCUT2D eigenvalue weighted by atomic mass is 16.4. The van der Waals surface area contributed by atoms with E-state index in [1.165, 1.54) is 13.3 Å². The Hall–Kier alpha value is -1.40. The van der Waals surface area contributed by atoms with Gasteiger partial charge in [0.1, 0.15) is 5.76 Å². The maximum absolute atomic E-state index is 8.86. The zero-order valence-electron chi connectivity index (χ0n) is 7.77. The monoisotopic (exact) mass is 194 g/mol. The standard InChI is InChI=1S/C8H11BN2O3/c1-11-8(9(12)13)5-6(10)7-3-2-4-14-7/h2-4,10,12-13H,5H2,1H3. The lowest BCUT2D eigenvalue weighted by atomic mass is 9.80. The molecule has 0 aliphatic heterocycles. The van der Waals surface area contributed by atoms with Crippen molar-refractivity contribution in [2.24, 2.45) is 4.99 Å². The highest BCUT2D eigenvalue weighted by Gasteiger charge is 2.19. The average molecular weight is 194 g/mol. The van der Waals surface area contributed by atoms with Crippen LogP contribution in [0.3, 0.4) is 0 Å². The van der Waals surface area contributed by atoms with Crippen molar-refractivity contribution in [1.29, 1.82) is 5.41 Å². The number of nitrogens with zero attached hydrogens (tertiary/aromatic N) is 1. The Morgan fingerprint density at radius 2 is 2.36 bits per heavy atom. The smallest absolute Gasteiger partial charge is 0.463 e. The van der Waals surface area contributed by atoms with Crippen molar-refractivity contribution in [1.82, 2.24) is 0 Å². The minimum absolute atomic E-state index is 0.0711. The first-order chi connectivity index (χ1) is 6.65. The summed E-state index contributed by atoms with van der Waals surface area (Å²) in [5.41, 5.74) is 0.315. The first-order valence-corrected chi connectivity index (χ1v) is 4.08. The van der Waals surface area contributed by atoms with E-state index in [-0.39, 0.29) is 17.7 Å². The van der Waals surface area contributed by atoms with Gasteiger partial charge >= 0.3 is 7.12 Å². The molecule has 0 unspecified atom stereocenters. The summed E-state index contributed by atoms with van der Waals surface area (Å²) in [6, 6.07) is 3.31. The summed E-state index contributed by atoms with van der Waals surface area (Å²) in [4.78, 5) is 3.67. The first kappa shape index (κ1) is 10.7. The van der Waals surface area contributed by atoms with Gasteiger partial charge in [-0.15, -0.1) is 0 Å². The van der Waals surface area contributed by atoms with Gasteiger partial charge in [-0.3, -0.25) is 0 Å². The lowest BCUT2D eigenvalue weighted by molar-refractivity contribution is 0.429. The van der Waals surface area contributed by atoms with Crippen molar-refractivity contribution in [2.75, 3.05) is 7.05 Å². The second-order valence-electron chi connectivity index (χ2n) is 2.72. The van der Waals surface area contributed by atoms with Gasteiger partial charge in [0.25, 0.3) is 0 Å². The van der Waals surface area contributed by atoms with Gasteiger partial charge in [-0.1, -0.05) is 0 Å². The number of furan rings is 1. The normalized spacial score (nSPS) is 11.5. The van der Waals surface area contributed by atoms with Crippen molar-refractivity contribution in [3.63, 3.8) is 0 Å². The fraction of sp³-hybridized carbons (Fsp3) is 0.250. The van der Waals surface area contributed by atoms with E-state index in [9.17, 15) is 0 Å². The Balaban J connectivity index is 2.66. The van der Waals surface area contributed by atoms with Crippen LogP contribution in [-0.4, -0.2) is 35.5 Å². The maximum atomic E-state index is 8.86. The largest absolute Gasteiger partial charge is 0.503 e. The Labute approximate surface area is 81.7 Å². The second-order valence-corrected chi connectivity index (χ2v) is 2.72.